The van der Waals surface area contributed by atoms with E-state index in [1.807, 2.05) is 0 Å². The summed E-state index contributed by atoms with van der Waals surface area (Å²) >= 11 is 0. The van der Waals surface area contributed by atoms with Crippen molar-refractivity contribution in [3.05, 3.63) is 40.4 Å². The molecule has 0 saturated heterocycles. The number of carboxylic acids is 1. The Morgan fingerprint density at radius 2 is 2.29 bits per heavy atom. The molecule has 2 aromatic heterocycles. The Morgan fingerprint density at radius 1 is 1.50 bits per heavy atom. The number of H-pyrrole nitrogens is 1. The van der Waals surface area contributed by atoms with Crippen LogP contribution in [-0.2, 0) is 0 Å². The SMILES string of the molecule is O=C(O)c1cnc2c(=O)[nH]ccc2c1. The lowest BCUT2D eigenvalue weighted by molar-refractivity contribution is 0.0696. The number of aromatic nitrogens is 2. The molecule has 0 aromatic carbocycles. The summed E-state index contributed by atoms with van der Waals surface area (Å²) in [5, 5.41) is 9.21. The Bertz CT molecular complexity index is 559. The van der Waals surface area contributed by atoms with Gasteiger partial charge in [0.2, 0.25) is 0 Å². The summed E-state index contributed by atoms with van der Waals surface area (Å²) in [6.45, 7) is 0. The summed E-state index contributed by atoms with van der Waals surface area (Å²) in [4.78, 5) is 28.0. The van der Waals surface area contributed by atoms with Crippen molar-refractivity contribution >= 4 is 16.9 Å². The van der Waals surface area contributed by atoms with Gasteiger partial charge in [0.05, 0.1) is 5.56 Å². The predicted octanol–water partition coefficient (Wildman–Crippen LogP) is 0.621. The number of hydrogen-bond acceptors (Lipinski definition) is 3. The van der Waals surface area contributed by atoms with Crippen molar-refractivity contribution in [2.24, 2.45) is 0 Å². The summed E-state index contributed by atoms with van der Waals surface area (Å²) in [7, 11) is 0. The second kappa shape index (κ2) is 2.95. The van der Waals surface area contributed by atoms with E-state index in [-0.39, 0.29) is 16.6 Å². The van der Waals surface area contributed by atoms with Crippen LogP contribution in [0.3, 0.4) is 0 Å². The average Bonchev–Trinajstić information content (AvgIpc) is 2.17. The maximum absolute atomic E-state index is 11.2. The molecule has 0 fully saturated rings. The molecule has 0 aliphatic rings. The van der Waals surface area contributed by atoms with E-state index in [0.717, 1.165) is 0 Å². The lowest BCUT2D eigenvalue weighted by Gasteiger charge is -1.96. The van der Waals surface area contributed by atoms with Gasteiger partial charge >= 0.3 is 5.97 Å². The van der Waals surface area contributed by atoms with E-state index in [1.54, 1.807) is 6.07 Å². The largest absolute Gasteiger partial charge is 0.478 e. The van der Waals surface area contributed by atoms with Crippen molar-refractivity contribution in [1.29, 1.82) is 0 Å². The Labute approximate surface area is 78.0 Å². The standard InChI is InChI=1S/C9H6N2O3/c12-8-7-5(1-2-10-8)3-6(4-11-7)9(13)14/h1-4H,(H,10,12)(H,13,14). The zero-order valence-corrected chi connectivity index (χ0v) is 7.02. The van der Waals surface area contributed by atoms with Crippen molar-refractivity contribution in [1.82, 2.24) is 9.97 Å². The Hall–Kier alpha value is -2.17. The Balaban J connectivity index is 2.80. The van der Waals surface area contributed by atoms with Gasteiger partial charge < -0.3 is 10.1 Å². The third-order valence-corrected chi connectivity index (χ3v) is 1.86. The van der Waals surface area contributed by atoms with Crippen LogP contribution < -0.4 is 5.56 Å². The van der Waals surface area contributed by atoms with Gasteiger partial charge in [-0.25, -0.2) is 9.78 Å². The quantitative estimate of drug-likeness (QED) is 0.690. The summed E-state index contributed by atoms with van der Waals surface area (Å²) in [6, 6.07) is 3.02. The topological polar surface area (TPSA) is 83.0 Å². The summed E-state index contributed by atoms with van der Waals surface area (Å²) in [5.74, 6) is -1.06. The van der Waals surface area contributed by atoms with Crippen LogP contribution in [0.4, 0.5) is 0 Å². The Kier molecular flexibility index (Phi) is 1.78. The second-order valence-electron chi connectivity index (χ2n) is 2.77. The summed E-state index contributed by atoms with van der Waals surface area (Å²) < 4.78 is 0. The lowest BCUT2D eigenvalue weighted by Crippen LogP contribution is -2.07. The van der Waals surface area contributed by atoms with E-state index in [4.69, 9.17) is 5.11 Å². The average molecular weight is 190 g/mol. The maximum atomic E-state index is 11.2. The number of nitrogens with one attached hydrogen (secondary N) is 1. The van der Waals surface area contributed by atoms with Crippen molar-refractivity contribution in [2.75, 3.05) is 0 Å². The highest BCUT2D eigenvalue weighted by atomic mass is 16.4. The first-order chi connectivity index (χ1) is 6.68. The third kappa shape index (κ3) is 1.24. The minimum absolute atomic E-state index is 0.0723. The predicted molar refractivity (Wildman–Crippen MR) is 49.3 cm³/mol. The summed E-state index contributed by atoms with van der Waals surface area (Å²) in [5.41, 5.74) is 0.0000359. The zero-order chi connectivity index (χ0) is 10.1. The first-order valence-electron chi connectivity index (χ1n) is 3.89. The molecule has 0 bridgehead atoms. The molecule has 0 radical (unpaired) electrons. The Morgan fingerprint density at radius 3 is 3.00 bits per heavy atom. The molecule has 2 N–H and O–H groups in total. The van der Waals surface area contributed by atoms with Crippen LogP contribution in [0.15, 0.2) is 29.3 Å². The van der Waals surface area contributed by atoms with Crippen LogP contribution in [0, 0.1) is 0 Å². The van der Waals surface area contributed by atoms with Crippen LogP contribution in [0.1, 0.15) is 10.4 Å². The van der Waals surface area contributed by atoms with E-state index in [9.17, 15) is 9.59 Å². The molecule has 0 amide bonds. The normalized spacial score (nSPS) is 10.3. The number of aromatic carboxylic acids is 1. The number of nitrogens with zero attached hydrogens (tertiary/aromatic N) is 1. The van der Waals surface area contributed by atoms with Crippen LogP contribution in [0.2, 0.25) is 0 Å². The summed E-state index contributed by atoms with van der Waals surface area (Å²) in [6.07, 6.45) is 2.62. The van der Waals surface area contributed by atoms with E-state index in [2.05, 4.69) is 9.97 Å². The van der Waals surface area contributed by atoms with Gasteiger partial charge in [-0.2, -0.15) is 0 Å². The number of fused-ring (bicyclic) bond motifs is 1. The van der Waals surface area contributed by atoms with Crippen molar-refractivity contribution in [3.8, 4) is 0 Å². The van der Waals surface area contributed by atoms with E-state index < -0.39 is 5.97 Å². The van der Waals surface area contributed by atoms with Crippen LogP contribution >= 0.6 is 0 Å². The molecule has 0 aliphatic carbocycles. The number of rotatable bonds is 1. The molecule has 2 heterocycles. The highest BCUT2D eigenvalue weighted by Crippen LogP contribution is 2.08. The minimum atomic E-state index is -1.06. The molecule has 0 saturated carbocycles. The molecule has 0 unspecified atom stereocenters. The number of carbonyl (C=O) groups is 1. The van der Waals surface area contributed by atoms with Crippen molar-refractivity contribution in [3.63, 3.8) is 0 Å². The molecular weight excluding hydrogens is 184 g/mol. The lowest BCUT2D eigenvalue weighted by atomic mass is 10.2. The molecule has 14 heavy (non-hydrogen) atoms. The maximum Gasteiger partial charge on any atom is 0.337 e. The van der Waals surface area contributed by atoms with Gasteiger partial charge in [-0.1, -0.05) is 0 Å². The van der Waals surface area contributed by atoms with Crippen LogP contribution in [0.5, 0.6) is 0 Å². The van der Waals surface area contributed by atoms with Gasteiger partial charge in [-0.15, -0.1) is 0 Å². The highest BCUT2D eigenvalue weighted by molar-refractivity contribution is 5.92. The molecule has 0 aliphatic heterocycles. The fourth-order valence-corrected chi connectivity index (χ4v) is 1.19. The van der Waals surface area contributed by atoms with E-state index in [0.29, 0.717) is 5.39 Å². The van der Waals surface area contributed by atoms with Gasteiger partial charge in [0.25, 0.3) is 5.56 Å². The van der Waals surface area contributed by atoms with Gasteiger partial charge in [-0.3, -0.25) is 4.79 Å². The van der Waals surface area contributed by atoms with Gasteiger partial charge in [0, 0.05) is 17.8 Å². The van der Waals surface area contributed by atoms with E-state index in [1.165, 1.54) is 18.5 Å². The molecular formula is C9H6N2O3. The van der Waals surface area contributed by atoms with Gasteiger partial charge in [-0.05, 0) is 12.1 Å². The molecule has 0 atom stereocenters. The molecule has 70 valence electrons. The molecule has 2 aromatic rings. The minimum Gasteiger partial charge on any atom is -0.478 e. The molecule has 5 nitrogen and oxygen atoms in total. The third-order valence-electron chi connectivity index (χ3n) is 1.86. The van der Waals surface area contributed by atoms with Crippen LogP contribution in [0.25, 0.3) is 10.9 Å². The van der Waals surface area contributed by atoms with Gasteiger partial charge in [0.15, 0.2) is 0 Å². The fourth-order valence-electron chi connectivity index (χ4n) is 1.19. The van der Waals surface area contributed by atoms with E-state index >= 15 is 0 Å². The van der Waals surface area contributed by atoms with Crippen molar-refractivity contribution in [2.45, 2.75) is 0 Å². The zero-order valence-electron chi connectivity index (χ0n) is 7.02. The number of pyridine rings is 2. The smallest absolute Gasteiger partial charge is 0.337 e. The first kappa shape index (κ1) is 8.43. The molecule has 2 rings (SSSR count). The second-order valence-corrected chi connectivity index (χ2v) is 2.77. The fraction of sp³-hybridized carbons (Fsp3) is 0. The monoisotopic (exact) mass is 190 g/mol. The number of hydrogen-bond donors (Lipinski definition) is 2. The van der Waals surface area contributed by atoms with Gasteiger partial charge in [0.1, 0.15) is 5.52 Å². The highest BCUT2D eigenvalue weighted by Gasteiger charge is 2.05. The molecule has 0 spiro atoms. The number of carboxylic acid groups (broad SMARTS) is 1. The molecule has 5 heteroatoms. The van der Waals surface area contributed by atoms with Crippen LogP contribution in [-0.4, -0.2) is 21.0 Å². The van der Waals surface area contributed by atoms with Crippen molar-refractivity contribution < 1.29 is 9.90 Å². The first-order valence-corrected chi connectivity index (χ1v) is 3.89. The number of aromatic amines is 1.